The topological polar surface area (TPSA) is 12.0 Å². The molecule has 17 heavy (non-hydrogen) atoms. The molecule has 0 saturated heterocycles. The van der Waals surface area contributed by atoms with Gasteiger partial charge in [0, 0.05) is 6.04 Å². The molecule has 0 spiro atoms. The minimum Gasteiger partial charge on any atom is -0.314 e. The van der Waals surface area contributed by atoms with Crippen LogP contribution < -0.4 is 5.32 Å². The molecule has 0 saturated carbocycles. The van der Waals surface area contributed by atoms with Gasteiger partial charge in [-0.25, -0.2) is 0 Å². The second kappa shape index (κ2) is 7.50. The summed E-state index contributed by atoms with van der Waals surface area (Å²) in [4.78, 5) is 0. The van der Waals surface area contributed by atoms with Crippen LogP contribution in [0.3, 0.4) is 0 Å². The highest BCUT2D eigenvalue weighted by Gasteiger charge is 2.19. The van der Waals surface area contributed by atoms with E-state index in [1.807, 2.05) is 0 Å². The quantitative estimate of drug-likeness (QED) is 0.753. The Labute approximate surface area is 107 Å². The smallest absolute Gasteiger partial charge is 0.0116 e. The molecule has 0 bridgehead atoms. The Morgan fingerprint density at radius 3 is 2.24 bits per heavy atom. The van der Waals surface area contributed by atoms with Crippen LogP contribution in [0.5, 0.6) is 0 Å². The molecule has 0 aliphatic rings. The first-order valence-electron chi connectivity index (χ1n) is 6.92. The van der Waals surface area contributed by atoms with Gasteiger partial charge in [-0.3, -0.25) is 0 Å². The molecule has 1 nitrogen and oxygen atoms in total. The predicted octanol–water partition coefficient (Wildman–Crippen LogP) is 3.89. The molecule has 1 rings (SSSR count). The van der Waals surface area contributed by atoms with Crippen molar-refractivity contribution in [2.45, 2.75) is 46.6 Å². The van der Waals surface area contributed by atoms with Crippen LogP contribution in [0.1, 0.15) is 39.7 Å². The van der Waals surface area contributed by atoms with Crippen LogP contribution in [-0.2, 0) is 6.42 Å². The molecule has 0 radical (unpaired) electrons. The summed E-state index contributed by atoms with van der Waals surface area (Å²) in [6.45, 7) is 10.3. The summed E-state index contributed by atoms with van der Waals surface area (Å²) in [6, 6.07) is 11.4. The van der Waals surface area contributed by atoms with E-state index in [1.165, 1.54) is 18.4 Å². The lowest BCUT2D eigenvalue weighted by Gasteiger charge is -2.28. The third-order valence-corrected chi connectivity index (χ3v) is 3.50. The van der Waals surface area contributed by atoms with Crippen LogP contribution >= 0.6 is 0 Å². The fourth-order valence-corrected chi connectivity index (χ4v) is 2.55. The fraction of sp³-hybridized carbons (Fsp3) is 0.625. The number of nitrogens with one attached hydrogen (secondary N) is 1. The Bertz CT molecular complexity index is 292. The van der Waals surface area contributed by atoms with E-state index in [0.29, 0.717) is 12.0 Å². The normalized spacial score (nSPS) is 14.9. The van der Waals surface area contributed by atoms with Gasteiger partial charge in [0.25, 0.3) is 0 Å². The number of rotatable bonds is 7. The first-order valence-corrected chi connectivity index (χ1v) is 6.92. The van der Waals surface area contributed by atoms with Gasteiger partial charge < -0.3 is 5.32 Å². The van der Waals surface area contributed by atoms with Crippen LogP contribution in [-0.4, -0.2) is 12.6 Å². The highest BCUT2D eigenvalue weighted by atomic mass is 14.9. The van der Waals surface area contributed by atoms with Crippen molar-refractivity contribution >= 4 is 0 Å². The molecule has 1 N–H and O–H groups in total. The van der Waals surface area contributed by atoms with Gasteiger partial charge >= 0.3 is 0 Å². The second-order valence-corrected chi connectivity index (χ2v) is 5.33. The van der Waals surface area contributed by atoms with E-state index in [4.69, 9.17) is 0 Å². The Hall–Kier alpha value is -0.820. The van der Waals surface area contributed by atoms with Crippen molar-refractivity contribution in [1.29, 1.82) is 0 Å². The van der Waals surface area contributed by atoms with Crippen molar-refractivity contribution < 1.29 is 0 Å². The average Bonchev–Trinajstić information content (AvgIpc) is 2.34. The van der Waals surface area contributed by atoms with Gasteiger partial charge in [0.05, 0.1) is 0 Å². The summed E-state index contributed by atoms with van der Waals surface area (Å²) in [6.07, 6.45) is 2.45. The molecule has 0 aliphatic carbocycles. The van der Waals surface area contributed by atoms with Crippen molar-refractivity contribution in [2.75, 3.05) is 6.54 Å². The van der Waals surface area contributed by atoms with E-state index in [1.54, 1.807) is 0 Å². The molecule has 2 unspecified atom stereocenters. The minimum atomic E-state index is 0.642. The van der Waals surface area contributed by atoms with E-state index in [-0.39, 0.29) is 0 Å². The lowest BCUT2D eigenvalue weighted by molar-refractivity contribution is 0.290. The highest BCUT2D eigenvalue weighted by molar-refractivity contribution is 5.14. The van der Waals surface area contributed by atoms with Crippen LogP contribution in [0.4, 0.5) is 0 Å². The molecule has 96 valence electrons. The molecule has 0 heterocycles. The average molecular weight is 233 g/mol. The van der Waals surface area contributed by atoms with E-state index in [9.17, 15) is 0 Å². The van der Waals surface area contributed by atoms with Gasteiger partial charge in [-0.15, -0.1) is 0 Å². The van der Waals surface area contributed by atoms with Crippen molar-refractivity contribution in [1.82, 2.24) is 5.32 Å². The molecule has 0 aliphatic heterocycles. The molecule has 1 heteroatoms. The monoisotopic (exact) mass is 233 g/mol. The number of hydrogen-bond acceptors (Lipinski definition) is 1. The first kappa shape index (κ1) is 14.2. The Kier molecular flexibility index (Phi) is 6.28. The molecule has 0 aromatic heterocycles. The third-order valence-electron chi connectivity index (χ3n) is 3.50. The summed E-state index contributed by atoms with van der Waals surface area (Å²) >= 11 is 0. The molecular weight excluding hydrogens is 206 g/mol. The summed E-state index contributed by atoms with van der Waals surface area (Å²) in [5.74, 6) is 1.44. The summed E-state index contributed by atoms with van der Waals surface area (Å²) in [5.41, 5.74) is 1.46. The third kappa shape index (κ3) is 4.91. The lowest BCUT2D eigenvalue weighted by Crippen LogP contribution is -2.39. The summed E-state index contributed by atoms with van der Waals surface area (Å²) < 4.78 is 0. The minimum absolute atomic E-state index is 0.642. The zero-order chi connectivity index (χ0) is 12.7. The molecule has 1 aromatic rings. The van der Waals surface area contributed by atoms with Gasteiger partial charge in [-0.2, -0.15) is 0 Å². The molecule has 0 fully saturated rings. The standard InChI is InChI=1S/C16H27N/c1-5-17-16(13(2)3)14(4)11-12-15-9-7-6-8-10-15/h6-10,13-14,16-17H,5,11-12H2,1-4H3. The molecule has 1 aromatic carbocycles. The maximum atomic E-state index is 3.62. The Morgan fingerprint density at radius 1 is 1.06 bits per heavy atom. The van der Waals surface area contributed by atoms with Gasteiger partial charge in [-0.05, 0) is 36.8 Å². The molecule has 0 amide bonds. The fourth-order valence-electron chi connectivity index (χ4n) is 2.55. The van der Waals surface area contributed by atoms with Crippen molar-refractivity contribution in [3.05, 3.63) is 35.9 Å². The van der Waals surface area contributed by atoms with Gasteiger partial charge in [0.2, 0.25) is 0 Å². The van der Waals surface area contributed by atoms with E-state index < -0.39 is 0 Å². The molecular formula is C16H27N. The molecule has 2 atom stereocenters. The van der Waals surface area contributed by atoms with Crippen LogP contribution in [0, 0.1) is 11.8 Å². The summed E-state index contributed by atoms with van der Waals surface area (Å²) in [5, 5.41) is 3.62. The SMILES string of the molecule is CCNC(C(C)C)C(C)CCc1ccccc1. The summed E-state index contributed by atoms with van der Waals surface area (Å²) in [7, 11) is 0. The first-order chi connectivity index (χ1) is 8.15. The number of benzene rings is 1. The largest absolute Gasteiger partial charge is 0.314 e. The maximum Gasteiger partial charge on any atom is 0.0116 e. The maximum absolute atomic E-state index is 3.62. The van der Waals surface area contributed by atoms with Gasteiger partial charge in [-0.1, -0.05) is 58.0 Å². The van der Waals surface area contributed by atoms with E-state index in [2.05, 4.69) is 63.3 Å². The second-order valence-electron chi connectivity index (χ2n) is 5.33. The van der Waals surface area contributed by atoms with Gasteiger partial charge in [0.15, 0.2) is 0 Å². The predicted molar refractivity (Wildman–Crippen MR) is 76.2 cm³/mol. The van der Waals surface area contributed by atoms with E-state index >= 15 is 0 Å². The van der Waals surface area contributed by atoms with Gasteiger partial charge in [0.1, 0.15) is 0 Å². The number of hydrogen-bond donors (Lipinski definition) is 1. The Balaban J connectivity index is 2.44. The van der Waals surface area contributed by atoms with Crippen molar-refractivity contribution in [3.8, 4) is 0 Å². The van der Waals surface area contributed by atoms with Crippen molar-refractivity contribution in [2.24, 2.45) is 11.8 Å². The van der Waals surface area contributed by atoms with E-state index in [0.717, 1.165) is 12.5 Å². The van der Waals surface area contributed by atoms with Crippen LogP contribution in [0.2, 0.25) is 0 Å². The zero-order valence-electron chi connectivity index (χ0n) is 11.7. The zero-order valence-corrected chi connectivity index (χ0v) is 11.7. The number of aryl methyl sites for hydroxylation is 1. The Morgan fingerprint density at radius 2 is 1.71 bits per heavy atom. The van der Waals surface area contributed by atoms with Crippen LogP contribution in [0.15, 0.2) is 30.3 Å². The highest BCUT2D eigenvalue weighted by Crippen LogP contribution is 2.18. The van der Waals surface area contributed by atoms with Crippen LogP contribution in [0.25, 0.3) is 0 Å². The van der Waals surface area contributed by atoms with Crippen molar-refractivity contribution in [3.63, 3.8) is 0 Å². The lowest BCUT2D eigenvalue weighted by atomic mass is 9.87.